The normalized spacial score (nSPS) is 14.4. The van der Waals surface area contributed by atoms with E-state index in [0.717, 1.165) is 24.6 Å². The highest BCUT2D eigenvalue weighted by Gasteiger charge is 2.16. The highest BCUT2D eigenvalue weighted by molar-refractivity contribution is 7.89. The Kier molecular flexibility index (Phi) is 6.12. The Morgan fingerprint density at radius 2 is 1.81 bits per heavy atom. The summed E-state index contributed by atoms with van der Waals surface area (Å²) in [5.41, 5.74) is 0.883. The summed E-state index contributed by atoms with van der Waals surface area (Å²) >= 11 is 0. The minimum absolute atomic E-state index is 0.200. The van der Waals surface area contributed by atoms with Crippen molar-refractivity contribution in [2.24, 2.45) is 0 Å². The number of aromatic nitrogens is 2. The van der Waals surface area contributed by atoms with Crippen molar-refractivity contribution in [2.45, 2.75) is 24.7 Å². The van der Waals surface area contributed by atoms with Gasteiger partial charge in [-0.2, -0.15) is 4.98 Å². The van der Waals surface area contributed by atoms with Gasteiger partial charge in [-0.25, -0.2) is 18.1 Å². The third kappa shape index (κ3) is 5.08. The Balaban J connectivity index is 1.54. The van der Waals surface area contributed by atoms with Crippen molar-refractivity contribution in [1.29, 1.82) is 0 Å². The summed E-state index contributed by atoms with van der Waals surface area (Å²) in [5.74, 6) is 2.04. The molecule has 2 N–H and O–H groups in total. The Bertz CT molecular complexity index is 865. The molecule has 1 aliphatic heterocycles. The van der Waals surface area contributed by atoms with Gasteiger partial charge in [0.2, 0.25) is 16.0 Å². The zero-order chi connectivity index (χ0) is 19.3. The Morgan fingerprint density at radius 3 is 2.48 bits per heavy atom. The maximum absolute atomic E-state index is 12.3. The van der Waals surface area contributed by atoms with Crippen LogP contribution in [0.4, 0.5) is 11.8 Å². The lowest BCUT2D eigenvalue weighted by Gasteiger charge is -2.17. The van der Waals surface area contributed by atoms with Crippen LogP contribution >= 0.6 is 0 Å². The number of anilines is 2. The van der Waals surface area contributed by atoms with E-state index in [1.54, 1.807) is 12.1 Å². The largest absolute Gasteiger partial charge is 0.497 e. The van der Waals surface area contributed by atoms with Gasteiger partial charge in [0.1, 0.15) is 11.6 Å². The second kappa shape index (κ2) is 8.53. The molecular formula is C18H25N5O3S. The van der Waals surface area contributed by atoms with Crippen LogP contribution in [-0.4, -0.2) is 51.7 Å². The van der Waals surface area contributed by atoms with Crippen LogP contribution in [-0.2, 0) is 10.0 Å². The predicted octanol–water partition coefficient (Wildman–Crippen LogP) is 1.78. The van der Waals surface area contributed by atoms with Crippen LogP contribution < -0.4 is 19.7 Å². The summed E-state index contributed by atoms with van der Waals surface area (Å²) in [6.07, 6.45) is 2.36. The third-order valence-electron chi connectivity index (χ3n) is 4.34. The SMILES string of the molecule is COc1ccc(S(=O)(=O)NCCNc2nc(C)cc(N3CCCC3)n2)cc1. The predicted molar refractivity (Wildman–Crippen MR) is 105 cm³/mol. The van der Waals surface area contributed by atoms with Crippen LogP contribution in [0.2, 0.25) is 0 Å². The standard InChI is InChI=1S/C18H25N5O3S/c1-14-13-17(23-11-3-4-12-23)22-18(21-14)19-9-10-20-27(24,25)16-7-5-15(26-2)6-8-16/h5-8,13,20H,3-4,9-12H2,1-2H3,(H,19,21,22). The van der Waals surface area contributed by atoms with Crippen LogP contribution in [0.25, 0.3) is 0 Å². The third-order valence-corrected chi connectivity index (χ3v) is 5.82. The molecule has 0 saturated carbocycles. The molecule has 1 aliphatic rings. The van der Waals surface area contributed by atoms with Crippen molar-refractivity contribution < 1.29 is 13.2 Å². The van der Waals surface area contributed by atoms with Crippen molar-refractivity contribution in [1.82, 2.24) is 14.7 Å². The number of nitrogens with zero attached hydrogens (tertiary/aromatic N) is 3. The van der Waals surface area contributed by atoms with E-state index in [9.17, 15) is 8.42 Å². The fraction of sp³-hybridized carbons (Fsp3) is 0.444. The average molecular weight is 391 g/mol. The first-order valence-corrected chi connectivity index (χ1v) is 10.4. The summed E-state index contributed by atoms with van der Waals surface area (Å²) in [4.78, 5) is 11.4. The second-order valence-electron chi connectivity index (χ2n) is 6.39. The summed E-state index contributed by atoms with van der Waals surface area (Å²) in [6, 6.07) is 8.24. The molecule has 1 aromatic heterocycles. The van der Waals surface area contributed by atoms with E-state index in [2.05, 4.69) is 24.9 Å². The van der Waals surface area contributed by atoms with E-state index in [4.69, 9.17) is 4.74 Å². The fourth-order valence-electron chi connectivity index (χ4n) is 2.94. The highest BCUT2D eigenvalue weighted by atomic mass is 32.2. The molecule has 0 atom stereocenters. The molecular weight excluding hydrogens is 366 g/mol. The van der Waals surface area contributed by atoms with E-state index in [-0.39, 0.29) is 11.4 Å². The van der Waals surface area contributed by atoms with Crippen molar-refractivity contribution in [2.75, 3.05) is 43.5 Å². The first-order chi connectivity index (χ1) is 13.0. The lowest BCUT2D eigenvalue weighted by atomic mass is 10.3. The van der Waals surface area contributed by atoms with Gasteiger partial charge < -0.3 is 15.0 Å². The van der Waals surface area contributed by atoms with Gasteiger partial charge in [0, 0.05) is 37.9 Å². The Morgan fingerprint density at radius 1 is 1.11 bits per heavy atom. The average Bonchev–Trinajstić information content (AvgIpc) is 3.20. The number of hydrogen-bond acceptors (Lipinski definition) is 7. The molecule has 0 aliphatic carbocycles. The van der Waals surface area contributed by atoms with Crippen molar-refractivity contribution in [3.63, 3.8) is 0 Å². The molecule has 2 heterocycles. The number of ether oxygens (including phenoxy) is 1. The molecule has 0 bridgehead atoms. The number of hydrogen-bond donors (Lipinski definition) is 2. The molecule has 27 heavy (non-hydrogen) atoms. The molecule has 1 aromatic carbocycles. The number of nitrogens with one attached hydrogen (secondary N) is 2. The molecule has 8 nitrogen and oxygen atoms in total. The minimum Gasteiger partial charge on any atom is -0.497 e. The zero-order valence-electron chi connectivity index (χ0n) is 15.6. The molecule has 2 aromatic rings. The van der Waals surface area contributed by atoms with E-state index < -0.39 is 10.0 Å². The lowest BCUT2D eigenvalue weighted by molar-refractivity contribution is 0.414. The quantitative estimate of drug-likeness (QED) is 0.662. The van der Waals surface area contributed by atoms with E-state index >= 15 is 0 Å². The van der Waals surface area contributed by atoms with Gasteiger partial charge in [0.25, 0.3) is 0 Å². The van der Waals surface area contributed by atoms with Gasteiger partial charge in [-0.05, 0) is 44.0 Å². The second-order valence-corrected chi connectivity index (χ2v) is 8.15. The maximum atomic E-state index is 12.3. The number of benzene rings is 1. The summed E-state index contributed by atoms with van der Waals surface area (Å²) in [6.45, 7) is 4.57. The maximum Gasteiger partial charge on any atom is 0.240 e. The van der Waals surface area contributed by atoms with Gasteiger partial charge in [0.15, 0.2) is 0 Å². The number of aryl methyl sites for hydroxylation is 1. The highest BCUT2D eigenvalue weighted by Crippen LogP contribution is 2.20. The monoisotopic (exact) mass is 391 g/mol. The van der Waals surface area contributed by atoms with E-state index in [1.165, 1.54) is 32.1 Å². The van der Waals surface area contributed by atoms with Crippen LogP contribution in [0, 0.1) is 6.92 Å². The topological polar surface area (TPSA) is 96.5 Å². The van der Waals surface area contributed by atoms with Crippen molar-refractivity contribution in [3.8, 4) is 5.75 Å². The molecule has 0 unspecified atom stereocenters. The van der Waals surface area contributed by atoms with Gasteiger partial charge in [-0.3, -0.25) is 0 Å². The van der Waals surface area contributed by atoms with Crippen molar-refractivity contribution >= 4 is 21.8 Å². The Hall–Kier alpha value is -2.39. The first-order valence-electron chi connectivity index (χ1n) is 8.96. The molecule has 3 rings (SSSR count). The van der Waals surface area contributed by atoms with Gasteiger partial charge >= 0.3 is 0 Å². The van der Waals surface area contributed by atoms with Crippen molar-refractivity contribution in [3.05, 3.63) is 36.0 Å². The molecule has 1 fully saturated rings. The van der Waals surface area contributed by atoms with Crippen LogP contribution in [0.3, 0.4) is 0 Å². The molecule has 1 saturated heterocycles. The van der Waals surface area contributed by atoms with Crippen LogP contribution in [0.5, 0.6) is 5.75 Å². The van der Waals surface area contributed by atoms with Gasteiger partial charge in [-0.1, -0.05) is 0 Å². The molecule has 146 valence electrons. The zero-order valence-corrected chi connectivity index (χ0v) is 16.4. The van der Waals surface area contributed by atoms with Gasteiger partial charge in [0.05, 0.1) is 12.0 Å². The number of methoxy groups -OCH3 is 1. The van der Waals surface area contributed by atoms with E-state index in [0.29, 0.717) is 18.2 Å². The molecule has 0 radical (unpaired) electrons. The first kappa shape index (κ1) is 19.4. The van der Waals surface area contributed by atoms with E-state index in [1.807, 2.05) is 13.0 Å². The minimum atomic E-state index is -3.56. The smallest absolute Gasteiger partial charge is 0.240 e. The number of rotatable bonds is 8. The lowest BCUT2D eigenvalue weighted by Crippen LogP contribution is -2.29. The van der Waals surface area contributed by atoms with Crippen LogP contribution in [0.1, 0.15) is 18.5 Å². The molecule has 0 spiro atoms. The summed E-state index contributed by atoms with van der Waals surface area (Å²) in [5, 5.41) is 3.10. The summed E-state index contributed by atoms with van der Waals surface area (Å²) in [7, 11) is -2.03. The van der Waals surface area contributed by atoms with Crippen LogP contribution in [0.15, 0.2) is 35.2 Å². The Labute approximate surface area is 160 Å². The summed E-state index contributed by atoms with van der Waals surface area (Å²) < 4.78 is 32.2. The fourth-order valence-corrected chi connectivity index (χ4v) is 3.97. The number of sulfonamides is 1. The molecule has 9 heteroatoms. The molecule has 0 amide bonds. The van der Waals surface area contributed by atoms with Gasteiger partial charge in [-0.15, -0.1) is 0 Å².